The van der Waals surface area contributed by atoms with E-state index >= 15 is 0 Å². The van der Waals surface area contributed by atoms with Crippen LogP contribution < -0.4 is 5.32 Å². The van der Waals surface area contributed by atoms with Crippen molar-refractivity contribution in [2.45, 2.75) is 58.9 Å². The van der Waals surface area contributed by atoms with E-state index in [4.69, 9.17) is 4.98 Å². The van der Waals surface area contributed by atoms with Gasteiger partial charge in [-0.3, -0.25) is 14.9 Å². The van der Waals surface area contributed by atoms with Crippen LogP contribution in [0.1, 0.15) is 78.7 Å². The Balaban J connectivity index is 1.81. The minimum absolute atomic E-state index is 0.124. The van der Waals surface area contributed by atoms with E-state index in [1.54, 1.807) is 5.38 Å². The third-order valence-corrected chi connectivity index (χ3v) is 5.55. The number of amides is 1. The zero-order valence-corrected chi connectivity index (χ0v) is 17.5. The first kappa shape index (κ1) is 18.7. The van der Waals surface area contributed by atoms with Crippen molar-refractivity contribution in [2.24, 2.45) is 0 Å². The highest BCUT2D eigenvalue weighted by Gasteiger charge is 2.30. The molecule has 0 atom stereocenters. The number of pyridine rings is 1. The van der Waals surface area contributed by atoms with E-state index in [0.717, 1.165) is 35.3 Å². The number of hydrogen-bond donors (Lipinski definition) is 1. The lowest BCUT2D eigenvalue weighted by atomic mass is 10.1. The van der Waals surface area contributed by atoms with E-state index in [0.29, 0.717) is 22.3 Å². The molecule has 0 unspecified atom stereocenters. The number of aromatic nitrogens is 4. The van der Waals surface area contributed by atoms with Crippen LogP contribution in [0.2, 0.25) is 0 Å². The number of rotatable bonds is 4. The summed E-state index contributed by atoms with van der Waals surface area (Å²) in [6.45, 7) is 9.57. The number of aryl methyl sites for hydroxylation is 1. The van der Waals surface area contributed by atoms with Crippen LogP contribution in [0.3, 0.4) is 0 Å². The first-order valence-corrected chi connectivity index (χ1v) is 10.2. The molecule has 0 aliphatic heterocycles. The standard InChI is InChI=1S/C20H23N5O2S/c1-10-16-13(18(27)23-19-22-15(9-28-19)11(2)26)8-14(12-6-7-12)21-17(16)25(24-10)20(3,4)5/h8-9,12H,6-7H2,1-5H3,(H,22,23,27). The summed E-state index contributed by atoms with van der Waals surface area (Å²) in [7, 11) is 0. The molecule has 1 fully saturated rings. The number of nitrogens with one attached hydrogen (secondary N) is 1. The summed E-state index contributed by atoms with van der Waals surface area (Å²) in [5.74, 6) is 0.0282. The first-order valence-electron chi connectivity index (χ1n) is 9.33. The number of Topliss-reactive ketones (excluding diaryl/α,β-unsaturated/α-hetero) is 1. The monoisotopic (exact) mass is 397 g/mol. The minimum Gasteiger partial charge on any atom is -0.298 e. The quantitative estimate of drug-likeness (QED) is 0.664. The van der Waals surface area contributed by atoms with Gasteiger partial charge >= 0.3 is 0 Å². The number of nitrogens with zero attached hydrogens (tertiary/aromatic N) is 4. The molecule has 146 valence electrons. The molecular formula is C20H23N5O2S. The maximum Gasteiger partial charge on any atom is 0.258 e. The normalized spacial score (nSPS) is 14.5. The van der Waals surface area contributed by atoms with Crippen molar-refractivity contribution in [3.05, 3.63) is 34.1 Å². The lowest BCUT2D eigenvalue weighted by Crippen LogP contribution is -2.23. The fraction of sp³-hybridized carbons (Fsp3) is 0.450. The smallest absolute Gasteiger partial charge is 0.258 e. The number of anilines is 1. The van der Waals surface area contributed by atoms with Gasteiger partial charge in [0.05, 0.1) is 22.2 Å². The van der Waals surface area contributed by atoms with E-state index in [1.807, 2.05) is 17.7 Å². The van der Waals surface area contributed by atoms with Crippen molar-refractivity contribution >= 4 is 39.2 Å². The second-order valence-corrected chi connectivity index (χ2v) is 9.14. The Bertz CT molecular complexity index is 1100. The Morgan fingerprint density at radius 1 is 1.25 bits per heavy atom. The van der Waals surface area contributed by atoms with Gasteiger partial charge in [0.25, 0.3) is 5.91 Å². The minimum atomic E-state index is -0.254. The summed E-state index contributed by atoms with van der Waals surface area (Å²) in [6.07, 6.45) is 2.19. The van der Waals surface area contributed by atoms with Crippen LogP contribution in [0.25, 0.3) is 11.0 Å². The third kappa shape index (κ3) is 3.32. The predicted octanol–water partition coefficient (Wildman–Crippen LogP) is 4.28. The summed E-state index contributed by atoms with van der Waals surface area (Å²) in [5, 5.41) is 10.3. The Hall–Kier alpha value is -2.61. The van der Waals surface area contributed by atoms with Crippen LogP contribution in [0.5, 0.6) is 0 Å². The van der Waals surface area contributed by atoms with Gasteiger partial charge in [0.1, 0.15) is 5.69 Å². The molecule has 1 saturated carbocycles. The van der Waals surface area contributed by atoms with Gasteiger partial charge < -0.3 is 0 Å². The Morgan fingerprint density at radius 3 is 2.54 bits per heavy atom. The average Bonchev–Trinajstić information content (AvgIpc) is 3.26. The highest BCUT2D eigenvalue weighted by Crippen LogP contribution is 2.41. The molecule has 1 amide bonds. The maximum absolute atomic E-state index is 13.1. The van der Waals surface area contributed by atoms with E-state index in [-0.39, 0.29) is 17.2 Å². The summed E-state index contributed by atoms with van der Waals surface area (Å²) in [6, 6.07) is 1.89. The second-order valence-electron chi connectivity index (χ2n) is 8.28. The van der Waals surface area contributed by atoms with Gasteiger partial charge in [-0.1, -0.05) is 0 Å². The Kier molecular flexibility index (Phi) is 4.33. The first-order chi connectivity index (χ1) is 13.1. The molecule has 0 bridgehead atoms. The zero-order chi connectivity index (χ0) is 20.2. The highest BCUT2D eigenvalue weighted by molar-refractivity contribution is 7.14. The van der Waals surface area contributed by atoms with Crippen LogP contribution in [0, 0.1) is 6.92 Å². The molecule has 4 rings (SSSR count). The van der Waals surface area contributed by atoms with Gasteiger partial charge in [-0.2, -0.15) is 5.10 Å². The maximum atomic E-state index is 13.1. The van der Waals surface area contributed by atoms with Crippen molar-refractivity contribution in [1.82, 2.24) is 19.7 Å². The van der Waals surface area contributed by atoms with Crippen LogP contribution >= 0.6 is 11.3 Å². The Labute approximate surface area is 167 Å². The number of ketones is 1. The van der Waals surface area contributed by atoms with Gasteiger partial charge in [0.15, 0.2) is 16.6 Å². The van der Waals surface area contributed by atoms with Gasteiger partial charge in [0.2, 0.25) is 0 Å². The number of carbonyl (C=O) groups is 2. The van der Waals surface area contributed by atoms with Gasteiger partial charge in [0, 0.05) is 23.9 Å². The van der Waals surface area contributed by atoms with Gasteiger partial charge in [-0.05, 0) is 46.6 Å². The number of thiazole rings is 1. The molecular weight excluding hydrogens is 374 g/mol. The molecule has 1 N–H and O–H groups in total. The number of hydrogen-bond acceptors (Lipinski definition) is 6. The Morgan fingerprint density at radius 2 is 1.96 bits per heavy atom. The number of carbonyl (C=O) groups excluding carboxylic acids is 2. The van der Waals surface area contributed by atoms with E-state index < -0.39 is 0 Å². The molecule has 8 heteroatoms. The summed E-state index contributed by atoms with van der Waals surface area (Å²) >= 11 is 1.24. The summed E-state index contributed by atoms with van der Waals surface area (Å²) < 4.78 is 1.90. The molecule has 3 heterocycles. The van der Waals surface area contributed by atoms with Gasteiger partial charge in [-0.15, -0.1) is 11.3 Å². The van der Waals surface area contributed by atoms with Gasteiger partial charge in [-0.25, -0.2) is 14.6 Å². The molecule has 1 aliphatic rings. The van der Waals surface area contributed by atoms with E-state index in [2.05, 4.69) is 36.2 Å². The molecule has 28 heavy (non-hydrogen) atoms. The van der Waals surface area contributed by atoms with Crippen molar-refractivity contribution < 1.29 is 9.59 Å². The largest absolute Gasteiger partial charge is 0.298 e. The lowest BCUT2D eigenvalue weighted by molar-refractivity contribution is 0.100. The summed E-state index contributed by atoms with van der Waals surface area (Å²) in [4.78, 5) is 33.6. The topological polar surface area (TPSA) is 89.8 Å². The molecule has 1 aliphatic carbocycles. The average molecular weight is 398 g/mol. The van der Waals surface area contributed by atoms with Crippen LogP contribution in [0.15, 0.2) is 11.4 Å². The SMILES string of the molecule is CC(=O)c1csc(NC(=O)c2cc(C3CC3)nc3c2c(C)nn3C(C)(C)C)n1. The van der Waals surface area contributed by atoms with E-state index in [9.17, 15) is 9.59 Å². The lowest BCUT2D eigenvalue weighted by Gasteiger charge is -2.20. The molecule has 0 aromatic carbocycles. The van der Waals surface area contributed by atoms with Crippen molar-refractivity contribution in [3.8, 4) is 0 Å². The van der Waals surface area contributed by atoms with Crippen molar-refractivity contribution in [2.75, 3.05) is 5.32 Å². The molecule has 3 aromatic rings. The van der Waals surface area contributed by atoms with E-state index in [1.165, 1.54) is 18.3 Å². The predicted molar refractivity (Wildman–Crippen MR) is 109 cm³/mol. The molecule has 3 aromatic heterocycles. The fourth-order valence-corrected chi connectivity index (χ4v) is 3.95. The second kappa shape index (κ2) is 6.48. The molecule has 0 saturated heterocycles. The fourth-order valence-electron chi connectivity index (χ4n) is 3.20. The van der Waals surface area contributed by atoms with Crippen LogP contribution in [-0.2, 0) is 5.54 Å². The number of fused-ring (bicyclic) bond motifs is 1. The summed E-state index contributed by atoms with van der Waals surface area (Å²) in [5.41, 5.74) is 3.11. The zero-order valence-electron chi connectivity index (χ0n) is 16.7. The molecule has 7 nitrogen and oxygen atoms in total. The third-order valence-electron chi connectivity index (χ3n) is 4.79. The van der Waals surface area contributed by atoms with Crippen LogP contribution in [0.4, 0.5) is 5.13 Å². The molecule has 0 radical (unpaired) electrons. The molecule has 0 spiro atoms. The van der Waals surface area contributed by atoms with Crippen LogP contribution in [-0.4, -0.2) is 31.4 Å². The highest BCUT2D eigenvalue weighted by atomic mass is 32.1. The van der Waals surface area contributed by atoms with Crippen molar-refractivity contribution in [1.29, 1.82) is 0 Å². The van der Waals surface area contributed by atoms with Crippen molar-refractivity contribution in [3.63, 3.8) is 0 Å².